The summed E-state index contributed by atoms with van der Waals surface area (Å²) >= 11 is 0. The van der Waals surface area contributed by atoms with E-state index in [0.29, 0.717) is 0 Å². The van der Waals surface area contributed by atoms with Crippen LogP contribution < -0.4 is 11.5 Å². The topological polar surface area (TPSA) is 78.3 Å². The lowest BCUT2D eigenvalue weighted by atomic mass is 10.3. The summed E-state index contributed by atoms with van der Waals surface area (Å²) in [6, 6.07) is 0. The summed E-state index contributed by atoms with van der Waals surface area (Å²) in [6.45, 7) is 8.14. The second-order valence-electron chi connectivity index (χ2n) is 2.23. The van der Waals surface area contributed by atoms with Crippen LogP contribution in [0.4, 0.5) is 0 Å². The molecule has 11 heavy (non-hydrogen) atoms. The van der Waals surface area contributed by atoms with E-state index in [-0.39, 0.29) is 5.57 Å². The highest BCUT2D eigenvalue weighted by molar-refractivity contribution is 5.87. The van der Waals surface area contributed by atoms with Crippen molar-refractivity contribution in [3.05, 3.63) is 24.8 Å². The van der Waals surface area contributed by atoms with Crippen LogP contribution in [-0.4, -0.2) is 11.8 Å². The van der Waals surface area contributed by atoms with Crippen LogP contribution in [0.5, 0.6) is 0 Å². The Kier molecular flexibility index (Phi) is 2.98. The van der Waals surface area contributed by atoms with E-state index < -0.39 is 11.8 Å². The highest BCUT2D eigenvalue weighted by atomic mass is 16.6. The van der Waals surface area contributed by atoms with E-state index in [0.717, 1.165) is 6.08 Å². The molecule has 0 fully saturated rings. The molecular weight excluding hydrogens is 144 g/mol. The van der Waals surface area contributed by atoms with E-state index in [4.69, 9.17) is 11.5 Å². The van der Waals surface area contributed by atoms with Gasteiger partial charge in [0.2, 0.25) is 5.85 Å². The Hall–Kier alpha value is -1.13. The largest absolute Gasteiger partial charge is 0.424 e. The van der Waals surface area contributed by atoms with E-state index in [2.05, 4.69) is 17.9 Å². The zero-order valence-electron chi connectivity index (χ0n) is 6.46. The summed E-state index contributed by atoms with van der Waals surface area (Å²) in [5, 5.41) is 0. The Bertz CT molecular complexity index is 197. The maximum Gasteiger partial charge on any atom is 0.336 e. The van der Waals surface area contributed by atoms with E-state index in [1.54, 1.807) is 0 Å². The van der Waals surface area contributed by atoms with Crippen LogP contribution in [0.1, 0.15) is 6.92 Å². The molecule has 4 heteroatoms. The maximum absolute atomic E-state index is 10.8. The monoisotopic (exact) mass is 156 g/mol. The summed E-state index contributed by atoms with van der Waals surface area (Å²) in [5.41, 5.74) is 10.7. The van der Waals surface area contributed by atoms with E-state index in [1.807, 2.05) is 0 Å². The molecule has 0 amide bonds. The molecule has 0 aromatic rings. The zero-order valence-corrected chi connectivity index (χ0v) is 6.46. The minimum Gasteiger partial charge on any atom is -0.424 e. The average Bonchev–Trinajstić information content (AvgIpc) is 1.87. The van der Waals surface area contributed by atoms with Gasteiger partial charge in [0.15, 0.2) is 0 Å². The van der Waals surface area contributed by atoms with Crippen molar-refractivity contribution in [2.75, 3.05) is 0 Å². The lowest BCUT2D eigenvalue weighted by Crippen LogP contribution is -2.51. The highest BCUT2D eigenvalue weighted by Crippen LogP contribution is 2.00. The summed E-state index contributed by atoms with van der Waals surface area (Å²) in [5.74, 6) is -2.23. The third kappa shape index (κ3) is 3.54. The quantitative estimate of drug-likeness (QED) is 0.258. The van der Waals surface area contributed by atoms with Crippen LogP contribution in [-0.2, 0) is 9.53 Å². The lowest BCUT2D eigenvalue weighted by molar-refractivity contribution is -0.149. The third-order valence-electron chi connectivity index (χ3n) is 0.937. The minimum atomic E-state index is -1.60. The molecule has 0 bridgehead atoms. The standard InChI is InChI=1S/C7H12N2O2/c1-4-7(8,9)11-6(10)5(2)3/h4H,1-2,8-9H2,3H3. The van der Waals surface area contributed by atoms with Crippen molar-refractivity contribution in [1.29, 1.82) is 0 Å². The molecule has 4 nitrogen and oxygen atoms in total. The predicted octanol–water partition coefficient (Wildman–Crippen LogP) is -0.137. The Morgan fingerprint density at radius 3 is 2.36 bits per heavy atom. The number of hydrogen-bond acceptors (Lipinski definition) is 4. The van der Waals surface area contributed by atoms with Gasteiger partial charge < -0.3 is 4.74 Å². The molecule has 0 aliphatic heterocycles. The molecule has 0 saturated heterocycles. The van der Waals surface area contributed by atoms with Gasteiger partial charge >= 0.3 is 5.97 Å². The molecule has 0 heterocycles. The number of rotatable bonds is 3. The summed E-state index contributed by atoms with van der Waals surface area (Å²) in [4.78, 5) is 10.8. The van der Waals surface area contributed by atoms with Crippen molar-refractivity contribution in [2.24, 2.45) is 11.5 Å². The van der Waals surface area contributed by atoms with E-state index in [1.165, 1.54) is 6.92 Å². The van der Waals surface area contributed by atoms with Gasteiger partial charge in [-0.05, 0) is 13.0 Å². The molecule has 0 aromatic carbocycles. The lowest BCUT2D eigenvalue weighted by Gasteiger charge is -2.19. The molecule has 0 radical (unpaired) electrons. The minimum absolute atomic E-state index is 0.243. The van der Waals surface area contributed by atoms with Gasteiger partial charge in [-0.3, -0.25) is 11.5 Å². The number of hydrogen-bond donors (Lipinski definition) is 2. The molecule has 0 unspecified atom stereocenters. The molecule has 0 aliphatic carbocycles. The van der Waals surface area contributed by atoms with Gasteiger partial charge in [0, 0.05) is 5.57 Å². The van der Waals surface area contributed by atoms with Crippen molar-refractivity contribution < 1.29 is 9.53 Å². The maximum atomic E-state index is 10.8. The van der Waals surface area contributed by atoms with Gasteiger partial charge in [-0.1, -0.05) is 13.2 Å². The number of ether oxygens (including phenoxy) is 1. The highest BCUT2D eigenvalue weighted by Gasteiger charge is 2.19. The number of carbonyl (C=O) groups is 1. The van der Waals surface area contributed by atoms with Gasteiger partial charge in [0.25, 0.3) is 0 Å². The summed E-state index contributed by atoms with van der Waals surface area (Å²) in [7, 11) is 0. The van der Waals surface area contributed by atoms with Crippen LogP contribution in [0.15, 0.2) is 24.8 Å². The van der Waals surface area contributed by atoms with Crippen molar-refractivity contribution >= 4 is 5.97 Å². The SMILES string of the molecule is C=CC(N)(N)OC(=O)C(=C)C. The first-order chi connectivity index (χ1) is 4.89. The van der Waals surface area contributed by atoms with E-state index >= 15 is 0 Å². The number of carbonyl (C=O) groups excluding carboxylic acids is 1. The molecule has 0 rings (SSSR count). The van der Waals surface area contributed by atoms with Gasteiger partial charge in [-0.15, -0.1) is 0 Å². The Morgan fingerprint density at radius 1 is 1.64 bits per heavy atom. The first kappa shape index (κ1) is 9.87. The van der Waals surface area contributed by atoms with Crippen molar-refractivity contribution in [1.82, 2.24) is 0 Å². The van der Waals surface area contributed by atoms with Gasteiger partial charge in [-0.25, -0.2) is 4.79 Å². The summed E-state index contributed by atoms with van der Waals surface area (Å²) < 4.78 is 4.55. The molecule has 0 aliphatic rings. The second-order valence-corrected chi connectivity index (χ2v) is 2.23. The molecule has 4 N–H and O–H groups in total. The molecule has 62 valence electrons. The summed E-state index contributed by atoms with van der Waals surface area (Å²) in [6.07, 6.45) is 1.13. The van der Waals surface area contributed by atoms with Crippen LogP contribution >= 0.6 is 0 Å². The molecule has 0 aromatic heterocycles. The van der Waals surface area contributed by atoms with E-state index in [9.17, 15) is 4.79 Å². The van der Waals surface area contributed by atoms with Crippen LogP contribution in [0.3, 0.4) is 0 Å². The fraction of sp³-hybridized carbons (Fsp3) is 0.286. The fourth-order valence-electron chi connectivity index (χ4n) is 0.289. The van der Waals surface area contributed by atoms with Crippen molar-refractivity contribution in [3.63, 3.8) is 0 Å². The molecule has 0 saturated carbocycles. The van der Waals surface area contributed by atoms with Gasteiger partial charge in [-0.2, -0.15) is 0 Å². The van der Waals surface area contributed by atoms with Gasteiger partial charge in [0.1, 0.15) is 0 Å². The van der Waals surface area contributed by atoms with Crippen LogP contribution in [0, 0.1) is 0 Å². The molecule has 0 atom stereocenters. The number of nitrogens with two attached hydrogens (primary N) is 2. The Labute approximate surface area is 65.5 Å². The normalized spacial score (nSPS) is 10.5. The molecule has 0 spiro atoms. The predicted molar refractivity (Wildman–Crippen MR) is 42.2 cm³/mol. The Morgan fingerprint density at radius 2 is 2.09 bits per heavy atom. The second kappa shape index (κ2) is 3.32. The van der Waals surface area contributed by atoms with Crippen molar-refractivity contribution in [3.8, 4) is 0 Å². The van der Waals surface area contributed by atoms with Gasteiger partial charge in [0.05, 0.1) is 0 Å². The van der Waals surface area contributed by atoms with Crippen LogP contribution in [0.2, 0.25) is 0 Å². The van der Waals surface area contributed by atoms with Crippen molar-refractivity contribution in [2.45, 2.75) is 12.8 Å². The first-order valence-electron chi connectivity index (χ1n) is 2.99. The number of esters is 1. The zero-order chi connectivity index (χ0) is 9.07. The fourth-order valence-corrected chi connectivity index (χ4v) is 0.289. The first-order valence-corrected chi connectivity index (χ1v) is 2.99. The Balaban J connectivity index is 4.15. The smallest absolute Gasteiger partial charge is 0.336 e. The molecular formula is C7H12N2O2. The van der Waals surface area contributed by atoms with Crippen LogP contribution in [0.25, 0.3) is 0 Å². The average molecular weight is 156 g/mol. The third-order valence-corrected chi connectivity index (χ3v) is 0.937.